The van der Waals surface area contributed by atoms with Gasteiger partial charge in [-0.2, -0.15) is 0 Å². The van der Waals surface area contributed by atoms with Crippen LogP contribution in [0.4, 0.5) is 34.1 Å². The fraction of sp³-hybridized carbons (Fsp3) is 0. The fourth-order valence-corrected chi connectivity index (χ4v) is 12.5. The second kappa shape index (κ2) is 13.9. The lowest BCUT2D eigenvalue weighted by molar-refractivity contribution is 0.668. The summed E-state index contributed by atoms with van der Waals surface area (Å²) in [6.45, 7) is 0. The third-order valence-corrected chi connectivity index (χ3v) is 15.5. The molecule has 334 valence electrons. The summed E-state index contributed by atoms with van der Waals surface area (Å²) in [7, 11) is 0. The van der Waals surface area contributed by atoms with Gasteiger partial charge in [0.2, 0.25) is 0 Å². The highest BCUT2D eigenvalue weighted by atomic mass is 16.3. The normalized spacial score (nSPS) is 12.4. The van der Waals surface area contributed by atoms with Gasteiger partial charge in [-0.3, -0.25) is 0 Å². The predicted octanol–water partition coefficient (Wildman–Crippen LogP) is 18.7. The minimum Gasteiger partial charge on any atom is -0.454 e. The lowest BCUT2D eigenvalue weighted by Gasteiger charge is -2.25. The zero-order valence-electron chi connectivity index (χ0n) is 38.5. The smallest absolute Gasteiger partial charge is 0.159 e. The molecule has 6 nitrogen and oxygen atoms in total. The van der Waals surface area contributed by atoms with Crippen molar-refractivity contribution in [2.45, 2.75) is 0 Å². The van der Waals surface area contributed by atoms with Crippen molar-refractivity contribution in [3.63, 3.8) is 0 Å². The quantitative estimate of drug-likeness (QED) is 0.167. The zero-order chi connectivity index (χ0) is 46.8. The average Bonchev–Trinajstić information content (AvgIpc) is 4.29. The third-order valence-electron chi connectivity index (χ3n) is 15.5. The lowest BCUT2D eigenvalue weighted by atomic mass is 10.0. The molecule has 6 aromatic heterocycles. The van der Waals surface area contributed by atoms with Crippen molar-refractivity contribution >= 4 is 154 Å². The maximum atomic E-state index is 6.69. The Morgan fingerprint density at radius 3 is 1.07 bits per heavy atom. The van der Waals surface area contributed by atoms with Crippen LogP contribution in [0.2, 0.25) is 0 Å². The van der Waals surface area contributed by atoms with E-state index in [-0.39, 0.29) is 0 Å². The molecule has 72 heavy (non-hydrogen) atoms. The van der Waals surface area contributed by atoms with Crippen molar-refractivity contribution in [3.8, 4) is 0 Å². The number of para-hydroxylation sites is 8. The predicted molar refractivity (Wildman–Crippen MR) is 300 cm³/mol. The van der Waals surface area contributed by atoms with Crippen LogP contribution in [0.15, 0.2) is 239 Å². The van der Waals surface area contributed by atoms with Crippen LogP contribution in [-0.4, -0.2) is 8.80 Å². The van der Waals surface area contributed by atoms with Gasteiger partial charge in [0.25, 0.3) is 0 Å². The second-order valence-electron chi connectivity index (χ2n) is 19.2. The molecule has 0 spiro atoms. The highest BCUT2D eigenvalue weighted by Crippen LogP contribution is 2.49. The summed E-state index contributed by atoms with van der Waals surface area (Å²) in [4.78, 5) is 4.69. The minimum absolute atomic E-state index is 0.866. The summed E-state index contributed by atoms with van der Waals surface area (Å²) in [5.41, 5.74) is 16.9. The molecule has 0 aliphatic rings. The summed E-state index contributed by atoms with van der Waals surface area (Å²) in [5.74, 6) is 0. The second-order valence-corrected chi connectivity index (χ2v) is 19.2. The van der Waals surface area contributed by atoms with Gasteiger partial charge < -0.3 is 27.4 Å². The zero-order valence-corrected chi connectivity index (χ0v) is 38.5. The molecule has 0 N–H and O–H groups in total. The molecule has 0 atom stereocenters. The van der Waals surface area contributed by atoms with E-state index in [1.165, 1.54) is 65.2 Å². The first-order valence-corrected chi connectivity index (χ1v) is 24.6. The number of furan rings is 2. The SMILES string of the molecule is c1ccc(N(c2ccc3c4cccc5c6cc7c(cc6n(c3c2)c45)c2cccc3c4ccc(N(c5ccccc5)c5cccc6c5oc5ccccc56)cc4n7c32)c2cccc3c2oc2ccccc23)cc1. The van der Waals surface area contributed by atoms with Gasteiger partial charge in [0.15, 0.2) is 11.2 Å². The van der Waals surface area contributed by atoms with Crippen LogP contribution >= 0.6 is 0 Å². The molecule has 6 heteroatoms. The largest absolute Gasteiger partial charge is 0.454 e. The molecule has 0 radical (unpaired) electrons. The van der Waals surface area contributed by atoms with E-state index in [4.69, 9.17) is 8.83 Å². The third kappa shape index (κ3) is 4.97. The van der Waals surface area contributed by atoms with Crippen molar-refractivity contribution in [3.05, 3.63) is 231 Å². The van der Waals surface area contributed by atoms with E-state index < -0.39 is 0 Å². The Labute approximate surface area is 410 Å². The van der Waals surface area contributed by atoms with Crippen molar-refractivity contribution in [1.82, 2.24) is 8.80 Å². The average molecular weight is 919 g/mol. The summed E-state index contributed by atoms with van der Waals surface area (Å²) in [5, 5.41) is 14.3. The number of hydrogen-bond acceptors (Lipinski definition) is 4. The maximum absolute atomic E-state index is 6.69. The Morgan fingerprint density at radius 2 is 0.611 bits per heavy atom. The van der Waals surface area contributed by atoms with Crippen LogP contribution in [0.5, 0.6) is 0 Å². The van der Waals surface area contributed by atoms with E-state index in [0.717, 1.165) is 89.0 Å². The van der Waals surface area contributed by atoms with Crippen molar-refractivity contribution in [2.75, 3.05) is 9.80 Å². The fourth-order valence-electron chi connectivity index (χ4n) is 12.5. The van der Waals surface area contributed by atoms with E-state index in [0.29, 0.717) is 0 Å². The van der Waals surface area contributed by atoms with Gasteiger partial charge in [-0.05, 0) is 84.9 Å². The number of rotatable bonds is 6. The van der Waals surface area contributed by atoms with Gasteiger partial charge in [-0.25, -0.2) is 0 Å². The van der Waals surface area contributed by atoms with Crippen molar-refractivity contribution in [2.24, 2.45) is 0 Å². The first-order valence-electron chi connectivity index (χ1n) is 24.6. The van der Waals surface area contributed by atoms with Crippen LogP contribution in [-0.2, 0) is 0 Å². The summed E-state index contributed by atoms with van der Waals surface area (Å²) >= 11 is 0. The molecular formula is C66H38N4O2. The van der Waals surface area contributed by atoms with Crippen LogP contribution in [0, 0.1) is 0 Å². The minimum atomic E-state index is 0.866. The molecule has 0 amide bonds. The molecule has 0 aliphatic heterocycles. The highest BCUT2D eigenvalue weighted by Gasteiger charge is 2.26. The molecule has 0 fully saturated rings. The molecule has 17 rings (SSSR count). The van der Waals surface area contributed by atoms with E-state index in [9.17, 15) is 0 Å². The molecule has 0 unspecified atom stereocenters. The van der Waals surface area contributed by atoms with Gasteiger partial charge in [0, 0.05) is 87.4 Å². The van der Waals surface area contributed by atoms with Crippen molar-refractivity contribution < 1.29 is 8.83 Å². The molecule has 0 bridgehead atoms. The number of aromatic nitrogens is 2. The Hall–Kier alpha value is -9.78. The number of hydrogen-bond donors (Lipinski definition) is 0. The Bertz CT molecular complexity index is 4740. The van der Waals surface area contributed by atoms with E-state index >= 15 is 0 Å². The van der Waals surface area contributed by atoms with E-state index in [1.807, 2.05) is 12.1 Å². The molecule has 17 aromatic rings. The highest BCUT2D eigenvalue weighted by molar-refractivity contribution is 6.29. The number of anilines is 6. The first kappa shape index (κ1) is 38.1. The Balaban J connectivity index is 0.907. The Kier molecular flexibility index (Phi) is 7.38. The molecule has 11 aromatic carbocycles. The molecule has 6 heterocycles. The topological polar surface area (TPSA) is 41.6 Å². The van der Waals surface area contributed by atoms with Gasteiger partial charge in [0.1, 0.15) is 11.2 Å². The first-order chi connectivity index (χ1) is 35.7. The van der Waals surface area contributed by atoms with Gasteiger partial charge in [-0.15, -0.1) is 0 Å². The van der Waals surface area contributed by atoms with Gasteiger partial charge in [0.05, 0.1) is 44.5 Å². The molecule has 0 saturated heterocycles. The van der Waals surface area contributed by atoms with Crippen LogP contribution in [0.25, 0.3) is 120 Å². The summed E-state index contributed by atoms with van der Waals surface area (Å²) < 4.78 is 18.4. The van der Waals surface area contributed by atoms with E-state index in [1.54, 1.807) is 0 Å². The molecular weight excluding hydrogens is 881 g/mol. The standard InChI is InChI=1S/C66H38N4O2/c1-3-15-39(16-4-1)67(55-27-13-25-51-45-19-7-9-29-61(45)71-65(51)55)41-31-33-43-47-21-11-23-49-53-38-60-54(37-59(53)69(63(47)49)57(43)35-41)50-24-12-22-48-44-34-32-42(36-58(44)70(60)64(48)50)68(40-17-5-2-6-18-40)56-28-14-26-52-46-20-8-10-30-62(46)72-66(52)56/h1-38H. The summed E-state index contributed by atoms with van der Waals surface area (Å²) in [6, 6.07) is 83.3. The van der Waals surface area contributed by atoms with Crippen LogP contribution in [0.3, 0.4) is 0 Å². The number of nitrogens with zero attached hydrogens (tertiary/aromatic N) is 4. The van der Waals surface area contributed by atoms with Gasteiger partial charge >= 0.3 is 0 Å². The van der Waals surface area contributed by atoms with Gasteiger partial charge in [-0.1, -0.05) is 146 Å². The number of fused-ring (bicyclic) bond motifs is 18. The molecule has 0 saturated carbocycles. The van der Waals surface area contributed by atoms with Crippen LogP contribution in [0.1, 0.15) is 0 Å². The number of benzene rings is 11. The lowest BCUT2D eigenvalue weighted by Crippen LogP contribution is -2.10. The molecule has 0 aliphatic carbocycles. The van der Waals surface area contributed by atoms with Crippen LogP contribution < -0.4 is 9.80 Å². The maximum Gasteiger partial charge on any atom is 0.159 e. The van der Waals surface area contributed by atoms with Crippen molar-refractivity contribution in [1.29, 1.82) is 0 Å². The summed E-state index contributed by atoms with van der Waals surface area (Å²) in [6.07, 6.45) is 0. The monoisotopic (exact) mass is 918 g/mol. The van der Waals surface area contributed by atoms with E-state index in [2.05, 4.69) is 237 Å². The Morgan fingerprint density at radius 1 is 0.250 bits per heavy atom.